The lowest BCUT2D eigenvalue weighted by molar-refractivity contribution is -0.0265. The SMILES string of the molecule is CN=C(NCC1CCCS1)NCC1CCCOC1c1ccc(C)cc1.I. The Kier molecular flexibility index (Phi) is 9.56. The van der Waals surface area contributed by atoms with Crippen LogP contribution in [-0.4, -0.2) is 43.7 Å². The second kappa shape index (κ2) is 11.4. The molecule has 0 aliphatic carbocycles. The lowest BCUT2D eigenvalue weighted by atomic mass is 9.89. The van der Waals surface area contributed by atoms with Crippen molar-refractivity contribution < 1.29 is 4.74 Å². The van der Waals surface area contributed by atoms with Crippen molar-refractivity contribution in [2.75, 3.05) is 32.5 Å². The molecule has 0 spiro atoms. The van der Waals surface area contributed by atoms with Crippen molar-refractivity contribution in [3.05, 3.63) is 35.4 Å². The van der Waals surface area contributed by atoms with Gasteiger partial charge in [0.05, 0.1) is 6.10 Å². The molecular weight excluding hydrogens is 457 g/mol. The van der Waals surface area contributed by atoms with Gasteiger partial charge in [0.15, 0.2) is 5.96 Å². The Morgan fingerprint density at radius 2 is 1.92 bits per heavy atom. The largest absolute Gasteiger partial charge is 0.373 e. The van der Waals surface area contributed by atoms with Gasteiger partial charge in [-0.15, -0.1) is 24.0 Å². The van der Waals surface area contributed by atoms with Gasteiger partial charge in [0.25, 0.3) is 0 Å². The number of rotatable bonds is 5. The van der Waals surface area contributed by atoms with Gasteiger partial charge in [0.1, 0.15) is 0 Å². The number of thioether (sulfide) groups is 1. The first-order valence-electron chi connectivity index (χ1n) is 9.50. The Hall–Kier alpha value is -0.470. The van der Waals surface area contributed by atoms with Crippen molar-refractivity contribution >= 4 is 41.7 Å². The van der Waals surface area contributed by atoms with E-state index >= 15 is 0 Å². The van der Waals surface area contributed by atoms with Crippen LogP contribution in [0, 0.1) is 12.8 Å². The molecule has 4 nitrogen and oxygen atoms in total. The number of benzene rings is 1. The monoisotopic (exact) mass is 489 g/mol. The van der Waals surface area contributed by atoms with Gasteiger partial charge in [-0.25, -0.2) is 0 Å². The summed E-state index contributed by atoms with van der Waals surface area (Å²) in [7, 11) is 1.85. The number of ether oxygens (including phenoxy) is 1. The van der Waals surface area contributed by atoms with Gasteiger partial charge in [0, 0.05) is 37.9 Å². The Labute approximate surface area is 179 Å². The van der Waals surface area contributed by atoms with Crippen LogP contribution in [0.5, 0.6) is 0 Å². The lowest BCUT2D eigenvalue weighted by Crippen LogP contribution is -2.43. The molecule has 146 valence electrons. The van der Waals surface area contributed by atoms with E-state index in [1.54, 1.807) is 0 Å². The van der Waals surface area contributed by atoms with Crippen molar-refractivity contribution in [2.24, 2.45) is 10.9 Å². The molecule has 0 amide bonds. The Balaban J connectivity index is 0.00000243. The topological polar surface area (TPSA) is 45.7 Å². The first-order chi connectivity index (χ1) is 12.3. The van der Waals surface area contributed by atoms with Crippen molar-refractivity contribution in [2.45, 2.75) is 44.0 Å². The van der Waals surface area contributed by atoms with Crippen LogP contribution in [0.4, 0.5) is 0 Å². The average molecular weight is 489 g/mol. The second-order valence-electron chi connectivity index (χ2n) is 7.07. The Bertz CT molecular complexity index is 561. The van der Waals surface area contributed by atoms with Gasteiger partial charge < -0.3 is 15.4 Å². The fourth-order valence-electron chi connectivity index (χ4n) is 3.64. The fourth-order valence-corrected chi connectivity index (χ4v) is 4.84. The van der Waals surface area contributed by atoms with E-state index in [-0.39, 0.29) is 30.1 Å². The minimum Gasteiger partial charge on any atom is -0.373 e. The molecule has 0 bridgehead atoms. The predicted octanol–water partition coefficient (Wildman–Crippen LogP) is 4.14. The van der Waals surface area contributed by atoms with Crippen molar-refractivity contribution in [1.82, 2.24) is 10.6 Å². The highest BCUT2D eigenvalue weighted by molar-refractivity contribution is 14.0. The van der Waals surface area contributed by atoms with Crippen LogP contribution < -0.4 is 10.6 Å². The molecule has 3 rings (SSSR count). The standard InChI is InChI=1S/C20H31N3OS.HI/c1-15-7-9-16(10-8-15)19-17(5-3-11-24-19)13-22-20(21-2)23-14-18-6-4-12-25-18;/h7-10,17-19H,3-6,11-14H2,1-2H3,(H2,21,22,23);1H. The molecule has 2 saturated heterocycles. The van der Waals surface area contributed by atoms with Crippen molar-refractivity contribution in [1.29, 1.82) is 0 Å². The van der Waals surface area contributed by atoms with Gasteiger partial charge in [-0.05, 0) is 43.9 Å². The molecule has 2 fully saturated rings. The number of nitrogens with zero attached hydrogens (tertiary/aromatic N) is 1. The van der Waals surface area contributed by atoms with Gasteiger partial charge in [0.2, 0.25) is 0 Å². The summed E-state index contributed by atoms with van der Waals surface area (Å²) < 4.78 is 6.12. The van der Waals surface area contributed by atoms with E-state index in [2.05, 4.69) is 58.6 Å². The molecule has 2 N–H and O–H groups in total. The quantitative estimate of drug-likeness (QED) is 0.371. The number of nitrogens with one attached hydrogen (secondary N) is 2. The highest BCUT2D eigenvalue weighted by atomic mass is 127. The van der Waals surface area contributed by atoms with Gasteiger partial charge in [-0.3, -0.25) is 4.99 Å². The van der Waals surface area contributed by atoms with Crippen molar-refractivity contribution in [3.8, 4) is 0 Å². The molecule has 2 heterocycles. The van der Waals surface area contributed by atoms with E-state index in [9.17, 15) is 0 Å². The third-order valence-corrected chi connectivity index (χ3v) is 6.53. The maximum Gasteiger partial charge on any atom is 0.191 e. The van der Waals surface area contributed by atoms with Crippen molar-refractivity contribution in [3.63, 3.8) is 0 Å². The van der Waals surface area contributed by atoms with Crippen LogP contribution in [0.1, 0.15) is 42.9 Å². The summed E-state index contributed by atoms with van der Waals surface area (Å²) in [6.45, 7) is 4.90. The number of halogens is 1. The number of hydrogen-bond donors (Lipinski definition) is 2. The lowest BCUT2D eigenvalue weighted by Gasteiger charge is -2.32. The van der Waals surface area contributed by atoms with Crippen LogP contribution in [0.25, 0.3) is 0 Å². The van der Waals surface area contributed by atoms with Crippen LogP contribution >= 0.6 is 35.7 Å². The minimum absolute atomic E-state index is 0. The molecule has 0 saturated carbocycles. The molecule has 0 aromatic heterocycles. The normalized spacial score (nSPS) is 26.2. The van der Waals surface area contributed by atoms with E-state index in [4.69, 9.17) is 4.74 Å². The van der Waals surface area contributed by atoms with Crippen LogP contribution in [0.15, 0.2) is 29.3 Å². The van der Waals surface area contributed by atoms with E-state index in [1.807, 2.05) is 7.05 Å². The van der Waals surface area contributed by atoms with Crippen LogP contribution in [0.3, 0.4) is 0 Å². The molecule has 2 aliphatic rings. The third-order valence-electron chi connectivity index (χ3n) is 5.13. The highest BCUT2D eigenvalue weighted by Crippen LogP contribution is 2.33. The molecule has 26 heavy (non-hydrogen) atoms. The summed E-state index contributed by atoms with van der Waals surface area (Å²) in [4.78, 5) is 4.39. The first-order valence-corrected chi connectivity index (χ1v) is 10.6. The summed E-state index contributed by atoms with van der Waals surface area (Å²) in [6.07, 6.45) is 5.19. The molecule has 6 heteroatoms. The number of hydrogen-bond acceptors (Lipinski definition) is 3. The van der Waals surface area contributed by atoms with Crippen LogP contribution in [-0.2, 0) is 4.74 Å². The maximum absolute atomic E-state index is 6.12. The van der Waals surface area contributed by atoms with Gasteiger partial charge in [-0.1, -0.05) is 29.8 Å². The molecule has 0 radical (unpaired) electrons. The Morgan fingerprint density at radius 3 is 2.62 bits per heavy atom. The zero-order valence-corrected chi connectivity index (χ0v) is 19.0. The second-order valence-corrected chi connectivity index (χ2v) is 8.48. The zero-order chi connectivity index (χ0) is 17.5. The summed E-state index contributed by atoms with van der Waals surface area (Å²) >= 11 is 2.07. The maximum atomic E-state index is 6.12. The summed E-state index contributed by atoms with van der Waals surface area (Å²) in [5.41, 5.74) is 2.59. The van der Waals surface area contributed by atoms with E-state index in [0.717, 1.165) is 37.3 Å². The van der Waals surface area contributed by atoms with E-state index in [0.29, 0.717) is 5.92 Å². The highest BCUT2D eigenvalue weighted by Gasteiger charge is 2.27. The van der Waals surface area contributed by atoms with Gasteiger partial charge >= 0.3 is 0 Å². The summed E-state index contributed by atoms with van der Waals surface area (Å²) in [5.74, 6) is 2.70. The summed E-state index contributed by atoms with van der Waals surface area (Å²) in [6, 6.07) is 8.78. The number of aliphatic imine (C=N–C) groups is 1. The molecule has 3 atom stereocenters. The average Bonchev–Trinajstić information content (AvgIpc) is 3.16. The Morgan fingerprint density at radius 1 is 1.15 bits per heavy atom. The molecule has 2 aliphatic heterocycles. The zero-order valence-electron chi connectivity index (χ0n) is 15.9. The molecular formula is C20H32IN3OS. The number of guanidine groups is 1. The van der Waals surface area contributed by atoms with E-state index in [1.165, 1.54) is 36.1 Å². The minimum atomic E-state index is 0. The van der Waals surface area contributed by atoms with Gasteiger partial charge in [-0.2, -0.15) is 11.8 Å². The predicted molar refractivity (Wildman–Crippen MR) is 123 cm³/mol. The third kappa shape index (κ3) is 6.30. The number of aryl methyl sites for hydroxylation is 1. The first kappa shape index (κ1) is 21.8. The fraction of sp³-hybridized carbons (Fsp3) is 0.650. The smallest absolute Gasteiger partial charge is 0.191 e. The molecule has 3 unspecified atom stereocenters. The molecule has 1 aromatic rings. The summed E-state index contributed by atoms with van der Waals surface area (Å²) in [5, 5.41) is 7.75. The molecule has 1 aromatic carbocycles. The van der Waals surface area contributed by atoms with Crippen LogP contribution in [0.2, 0.25) is 0 Å². The van der Waals surface area contributed by atoms with E-state index < -0.39 is 0 Å².